The molecule has 1 aliphatic carbocycles. The van der Waals surface area contributed by atoms with E-state index in [4.69, 9.17) is 10.2 Å². The molecule has 0 unspecified atom stereocenters. The predicted octanol–water partition coefficient (Wildman–Crippen LogP) is 2.12. The lowest BCUT2D eigenvalue weighted by Crippen LogP contribution is -2.55. The topological polar surface area (TPSA) is 68.3 Å². The number of carbonyl (C=O) groups is 1. The van der Waals surface area contributed by atoms with E-state index in [9.17, 15) is 4.79 Å². The van der Waals surface area contributed by atoms with Gasteiger partial charge in [0.05, 0.1) is 17.8 Å². The first-order valence-electron chi connectivity index (χ1n) is 6.25. The molecule has 4 heteroatoms. The number of carbonyl (C=O) groups excluding carboxylic acids is 1. The second-order valence-electron chi connectivity index (χ2n) is 4.93. The standard InChI is InChI=1S/C13H20N2O2/c1-10(11-6-5-9-17-11)15-12(16)13(14)7-3-2-4-8-13/h5-6,9-10H,2-4,7-8,14H2,1H3,(H,15,16)/t10-/m1/s1. The average Bonchev–Trinajstić information content (AvgIpc) is 2.83. The van der Waals surface area contributed by atoms with Crippen LogP contribution in [0.15, 0.2) is 22.8 Å². The molecule has 0 saturated heterocycles. The van der Waals surface area contributed by atoms with Crippen LogP contribution in [0.2, 0.25) is 0 Å². The van der Waals surface area contributed by atoms with Gasteiger partial charge in [0.15, 0.2) is 0 Å². The van der Waals surface area contributed by atoms with Crippen molar-refractivity contribution in [2.45, 2.75) is 50.6 Å². The minimum Gasteiger partial charge on any atom is -0.467 e. The molecule has 4 nitrogen and oxygen atoms in total. The summed E-state index contributed by atoms with van der Waals surface area (Å²) in [6.45, 7) is 1.91. The number of nitrogens with one attached hydrogen (secondary N) is 1. The highest BCUT2D eigenvalue weighted by Gasteiger charge is 2.36. The van der Waals surface area contributed by atoms with E-state index in [1.807, 2.05) is 19.1 Å². The monoisotopic (exact) mass is 236 g/mol. The summed E-state index contributed by atoms with van der Waals surface area (Å²) in [7, 11) is 0. The Kier molecular flexibility index (Phi) is 3.52. The number of hydrogen-bond donors (Lipinski definition) is 2. The van der Waals surface area contributed by atoms with Crippen molar-refractivity contribution in [2.24, 2.45) is 5.73 Å². The molecule has 0 radical (unpaired) electrons. The smallest absolute Gasteiger partial charge is 0.240 e. The van der Waals surface area contributed by atoms with E-state index in [0.29, 0.717) is 0 Å². The predicted molar refractivity (Wildman–Crippen MR) is 65.3 cm³/mol. The first kappa shape index (κ1) is 12.2. The number of hydrogen-bond acceptors (Lipinski definition) is 3. The van der Waals surface area contributed by atoms with E-state index in [0.717, 1.165) is 31.4 Å². The molecule has 1 aliphatic rings. The molecule has 1 fully saturated rings. The molecule has 0 aliphatic heterocycles. The maximum absolute atomic E-state index is 12.1. The van der Waals surface area contributed by atoms with E-state index >= 15 is 0 Å². The van der Waals surface area contributed by atoms with Gasteiger partial charge in [-0.05, 0) is 31.9 Å². The van der Waals surface area contributed by atoms with Gasteiger partial charge in [0.2, 0.25) is 5.91 Å². The zero-order valence-electron chi connectivity index (χ0n) is 10.2. The van der Waals surface area contributed by atoms with E-state index < -0.39 is 5.54 Å². The Bertz CT molecular complexity index is 367. The van der Waals surface area contributed by atoms with E-state index in [-0.39, 0.29) is 11.9 Å². The first-order valence-corrected chi connectivity index (χ1v) is 6.25. The average molecular weight is 236 g/mol. The van der Waals surface area contributed by atoms with Gasteiger partial charge >= 0.3 is 0 Å². The van der Waals surface area contributed by atoms with Gasteiger partial charge in [-0.15, -0.1) is 0 Å². The summed E-state index contributed by atoms with van der Waals surface area (Å²) < 4.78 is 5.26. The third kappa shape index (κ3) is 2.69. The minimum absolute atomic E-state index is 0.0545. The second kappa shape index (κ2) is 4.92. The Balaban J connectivity index is 1.96. The van der Waals surface area contributed by atoms with Crippen molar-refractivity contribution in [3.8, 4) is 0 Å². The van der Waals surface area contributed by atoms with Gasteiger partial charge in [-0.1, -0.05) is 19.3 Å². The summed E-state index contributed by atoms with van der Waals surface area (Å²) in [4.78, 5) is 12.1. The molecule has 0 spiro atoms. The quantitative estimate of drug-likeness (QED) is 0.844. The molecule has 0 bridgehead atoms. The van der Waals surface area contributed by atoms with E-state index in [2.05, 4.69) is 5.32 Å². The molecule has 1 atom stereocenters. The fourth-order valence-electron chi connectivity index (χ4n) is 2.36. The Morgan fingerprint density at radius 2 is 2.18 bits per heavy atom. The fourth-order valence-corrected chi connectivity index (χ4v) is 2.36. The molecular formula is C13H20N2O2. The zero-order chi connectivity index (χ0) is 12.3. The molecule has 3 N–H and O–H groups in total. The van der Waals surface area contributed by atoms with Crippen molar-refractivity contribution in [1.82, 2.24) is 5.32 Å². The van der Waals surface area contributed by atoms with Crippen LogP contribution in [-0.2, 0) is 4.79 Å². The van der Waals surface area contributed by atoms with Crippen molar-refractivity contribution >= 4 is 5.91 Å². The molecule has 1 amide bonds. The molecule has 94 valence electrons. The molecule has 1 heterocycles. The highest BCUT2D eigenvalue weighted by Crippen LogP contribution is 2.27. The lowest BCUT2D eigenvalue weighted by Gasteiger charge is -2.32. The van der Waals surface area contributed by atoms with Crippen LogP contribution in [0.4, 0.5) is 0 Å². The fraction of sp³-hybridized carbons (Fsp3) is 0.615. The molecule has 1 saturated carbocycles. The maximum Gasteiger partial charge on any atom is 0.240 e. The molecule has 17 heavy (non-hydrogen) atoms. The van der Waals surface area contributed by atoms with Crippen molar-refractivity contribution in [1.29, 1.82) is 0 Å². The van der Waals surface area contributed by atoms with Gasteiger partial charge in [-0.2, -0.15) is 0 Å². The van der Waals surface area contributed by atoms with E-state index in [1.165, 1.54) is 6.42 Å². The second-order valence-corrected chi connectivity index (χ2v) is 4.93. The van der Waals surface area contributed by atoms with Crippen molar-refractivity contribution in [3.05, 3.63) is 24.2 Å². The van der Waals surface area contributed by atoms with E-state index in [1.54, 1.807) is 6.26 Å². The van der Waals surface area contributed by atoms with Gasteiger partial charge in [0.25, 0.3) is 0 Å². The molecule has 0 aromatic carbocycles. The lowest BCUT2D eigenvalue weighted by molar-refractivity contribution is -0.128. The molecule has 1 aromatic rings. The first-order chi connectivity index (χ1) is 8.12. The van der Waals surface area contributed by atoms with Crippen molar-refractivity contribution in [2.75, 3.05) is 0 Å². The van der Waals surface area contributed by atoms with Crippen LogP contribution in [0.3, 0.4) is 0 Å². The highest BCUT2D eigenvalue weighted by molar-refractivity contribution is 5.86. The molecular weight excluding hydrogens is 216 g/mol. The summed E-state index contributed by atoms with van der Waals surface area (Å²) >= 11 is 0. The van der Waals surface area contributed by atoms with Crippen molar-refractivity contribution in [3.63, 3.8) is 0 Å². The van der Waals surface area contributed by atoms with Gasteiger partial charge in [0.1, 0.15) is 5.76 Å². The van der Waals surface area contributed by atoms with Gasteiger partial charge < -0.3 is 15.5 Å². The SMILES string of the molecule is C[C@@H](NC(=O)C1(N)CCCCC1)c1ccco1. The Labute approximate surface area is 102 Å². The normalized spacial score (nSPS) is 20.8. The summed E-state index contributed by atoms with van der Waals surface area (Å²) in [6, 6.07) is 3.55. The highest BCUT2D eigenvalue weighted by atomic mass is 16.3. The number of nitrogens with two attached hydrogens (primary N) is 1. The van der Waals surface area contributed by atoms with Crippen molar-refractivity contribution < 1.29 is 9.21 Å². The maximum atomic E-state index is 12.1. The molecule has 1 aromatic heterocycles. The minimum atomic E-state index is -0.681. The van der Waals surface area contributed by atoms with Crippen LogP contribution >= 0.6 is 0 Å². The van der Waals surface area contributed by atoms with Gasteiger partial charge in [-0.25, -0.2) is 0 Å². The lowest BCUT2D eigenvalue weighted by atomic mass is 9.82. The number of amides is 1. The summed E-state index contributed by atoms with van der Waals surface area (Å²) in [6.07, 6.45) is 6.43. The van der Waals surface area contributed by atoms with Crippen LogP contribution < -0.4 is 11.1 Å². The van der Waals surface area contributed by atoms with Gasteiger partial charge in [-0.3, -0.25) is 4.79 Å². The summed E-state index contributed by atoms with van der Waals surface area (Å²) in [5, 5.41) is 2.93. The Morgan fingerprint density at radius 1 is 1.47 bits per heavy atom. The number of rotatable bonds is 3. The number of furan rings is 1. The van der Waals surface area contributed by atoms with Crippen LogP contribution in [0.1, 0.15) is 50.8 Å². The van der Waals surface area contributed by atoms with Crippen LogP contribution in [0.5, 0.6) is 0 Å². The third-order valence-electron chi connectivity index (χ3n) is 3.52. The van der Waals surface area contributed by atoms with Crippen LogP contribution in [-0.4, -0.2) is 11.4 Å². The summed E-state index contributed by atoms with van der Waals surface area (Å²) in [5.74, 6) is 0.707. The van der Waals surface area contributed by atoms with Crippen LogP contribution in [0, 0.1) is 0 Å². The Morgan fingerprint density at radius 3 is 2.76 bits per heavy atom. The van der Waals surface area contributed by atoms with Crippen LogP contribution in [0.25, 0.3) is 0 Å². The molecule has 2 rings (SSSR count). The summed E-state index contributed by atoms with van der Waals surface area (Å²) in [5.41, 5.74) is 5.48. The largest absolute Gasteiger partial charge is 0.467 e. The van der Waals surface area contributed by atoms with Gasteiger partial charge in [0, 0.05) is 0 Å². The Hall–Kier alpha value is -1.29. The zero-order valence-corrected chi connectivity index (χ0v) is 10.2. The third-order valence-corrected chi connectivity index (χ3v) is 3.52.